The van der Waals surface area contributed by atoms with E-state index in [1.54, 1.807) is 13.8 Å². The molecule has 0 aromatic carbocycles. The maximum absolute atomic E-state index is 11.8. The Morgan fingerprint density at radius 3 is 2.42 bits per heavy atom. The summed E-state index contributed by atoms with van der Waals surface area (Å²) in [6, 6.07) is 0. The molecule has 2 aliphatic heterocycles. The first-order valence-corrected chi connectivity index (χ1v) is 6.67. The molecule has 0 N–H and O–H groups in total. The van der Waals surface area contributed by atoms with Crippen LogP contribution in [0.25, 0.3) is 0 Å². The van der Waals surface area contributed by atoms with Crippen LogP contribution in [0.1, 0.15) is 33.1 Å². The second-order valence-corrected chi connectivity index (χ2v) is 5.13. The minimum atomic E-state index is -0.588. The fourth-order valence-corrected chi connectivity index (χ4v) is 2.30. The monoisotopic (exact) mass is 269 g/mol. The van der Waals surface area contributed by atoms with Crippen LogP contribution in [0.4, 0.5) is 0 Å². The number of nitrogens with zero attached hydrogens (tertiary/aromatic N) is 1. The number of carbonyl (C=O) groups excluding carboxylic acids is 3. The van der Waals surface area contributed by atoms with Gasteiger partial charge in [-0.05, 0) is 12.8 Å². The van der Waals surface area contributed by atoms with Crippen molar-refractivity contribution in [1.29, 1.82) is 0 Å². The number of carbonyl (C=O) groups is 3. The topological polar surface area (TPSA) is 72.9 Å². The Morgan fingerprint density at radius 1 is 1.26 bits per heavy atom. The van der Waals surface area contributed by atoms with E-state index >= 15 is 0 Å². The van der Waals surface area contributed by atoms with Crippen LogP contribution in [-0.4, -0.2) is 42.1 Å². The number of amides is 2. The third kappa shape index (κ3) is 2.94. The van der Waals surface area contributed by atoms with Crippen molar-refractivity contribution in [2.75, 3.05) is 13.2 Å². The van der Waals surface area contributed by atoms with Gasteiger partial charge in [-0.25, -0.2) is 0 Å². The van der Waals surface area contributed by atoms with Gasteiger partial charge in [0.2, 0.25) is 18.1 Å². The van der Waals surface area contributed by atoms with Crippen LogP contribution in [0, 0.1) is 11.8 Å². The lowest BCUT2D eigenvalue weighted by atomic mass is 10.00. The molecule has 0 radical (unpaired) electrons. The second kappa shape index (κ2) is 5.69. The van der Waals surface area contributed by atoms with Crippen LogP contribution in [0.3, 0.4) is 0 Å². The molecule has 2 amide bonds. The largest absolute Gasteiger partial charge is 0.434 e. The molecule has 0 spiro atoms. The number of esters is 1. The highest BCUT2D eigenvalue weighted by Crippen LogP contribution is 2.25. The highest BCUT2D eigenvalue weighted by atomic mass is 16.7. The van der Waals surface area contributed by atoms with Gasteiger partial charge < -0.3 is 9.47 Å². The summed E-state index contributed by atoms with van der Waals surface area (Å²) in [4.78, 5) is 36.3. The van der Waals surface area contributed by atoms with E-state index in [-0.39, 0.29) is 30.2 Å². The number of ether oxygens (including phenoxy) is 2. The Kier molecular flexibility index (Phi) is 4.19. The standard InChI is InChI=1S/C13H19NO5/c1-8-9(2)13(17)14(12(8)16)7-10(15)19-11-5-3-4-6-18-11/h8-9,11H,3-7H2,1-2H3. The van der Waals surface area contributed by atoms with Gasteiger partial charge in [-0.2, -0.15) is 0 Å². The molecule has 3 atom stereocenters. The zero-order chi connectivity index (χ0) is 14.0. The van der Waals surface area contributed by atoms with E-state index in [1.165, 1.54) is 0 Å². The number of hydrogen-bond donors (Lipinski definition) is 0. The smallest absolute Gasteiger partial charge is 0.328 e. The molecule has 6 nitrogen and oxygen atoms in total. The lowest BCUT2D eigenvalue weighted by Gasteiger charge is -2.23. The molecule has 0 aromatic rings. The summed E-state index contributed by atoms with van der Waals surface area (Å²) in [5.41, 5.74) is 0. The molecule has 0 bridgehead atoms. The molecular weight excluding hydrogens is 250 g/mol. The van der Waals surface area contributed by atoms with E-state index in [0.29, 0.717) is 13.0 Å². The summed E-state index contributed by atoms with van der Waals surface area (Å²) in [5.74, 6) is -1.94. The van der Waals surface area contributed by atoms with Crippen LogP contribution < -0.4 is 0 Å². The van der Waals surface area contributed by atoms with E-state index in [0.717, 1.165) is 17.7 Å². The molecule has 106 valence electrons. The summed E-state index contributed by atoms with van der Waals surface area (Å²) in [7, 11) is 0. The first-order valence-electron chi connectivity index (χ1n) is 6.67. The molecule has 2 rings (SSSR count). The van der Waals surface area contributed by atoms with E-state index in [9.17, 15) is 14.4 Å². The molecule has 19 heavy (non-hydrogen) atoms. The van der Waals surface area contributed by atoms with Crippen LogP contribution in [-0.2, 0) is 23.9 Å². The molecule has 0 saturated carbocycles. The zero-order valence-electron chi connectivity index (χ0n) is 11.3. The Hall–Kier alpha value is -1.43. The summed E-state index contributed by atoms with van der Waals surface area (Å²) >= 11 is 0. The number of likely N-dealkylation sites (tertiary alicyclic amines) is 1. The number of rotatable bonds is 3. The molecule has 0 aromatic heterocycles. The van der Waals surface area contributed by atoms with Gasteiger partial charge in [-0.3, -0.25) is 19.3 Å². The molecule has 2 saturated heterocycles. The average Bonchev–Trinajstić information content (AvgIpc) is 2.58. The molecule has 0 aliphatic carbocycles. The van der Waals surface area contributed by atoms with Crippen LogP contribution in [0.5, 0.6) is 0 Å². The van der Waals surface area contributed by atoms with Gasteiger partial charge in [-0.1, -0.05) is 13.8 Å². The molecule has 3 unspecified atom stereocenters. The van der Waals surface area contributed by atoms with Crippen molar-refractivity contribution in [3.63, 3.8) is 0 Å². The predicted molar refractivity (Wildman–Crippen MR) is 64.7 cm³/mol. The molecule has 2 fully saturated rings. The van der Waals surface area contributed by atoms with Gasteiger partial charge in [0.05, 0.1) is 6.61 Å². The van der Waals surface area contributed by atoms with E-state index in [1.807, 2.05) is 0 Å². The van der Waals surface area contributed by atoms with Crippen molar-refractivity contribution < 1.29 is 23.9 Å². The SMILES string of the molecule is CC1C(=O)N(CC(=O)OC2CCCCO2)C(=O)C1C. The van der Waals surface area contributed by atoms with Crippen LogP contribution in [0.2, 0.25) is 0 Å². The van der Waals surface area contributed by atoms with E-state index < -0.39 is 12.3 Å². The zero-order valence-corrected chi connectivity index (χ0v) is 11.3. The maximum Gasteiger partial charge on any atom is 0.328 e. The quantitative estimate of drug-likeness (QED) is 0.557. The maximum atomic E-state index is 11.8. The van der Waals surface area contributed by atoms with Gasteiger partial charge in [0.1, 0.15) is 6.54 Å². The number of imide groups is 1. The molecule has 2 aliphatic rings. The Balaban J connectivity index is 1.88. The van der Waals surface area contributed by atoms with Crippen LogP contribution in [0.15, 0.2) is 0 Å². The fourth-order valence-electron chi connectivity index (χ4n) is 2.30. The van der Waals surface area contributed by atoms with Crippen LogP contribution >= 0.6 is 0 Å². The predicted octanol–water partition coefficient (Wildman–Crippen LogP) is 0.697. The normalized spacial score (nSPS) is 31.7. The van der Waals surface area contributed by atoms with Gasteiger partial charge in [-0.15, -0.1) is 0 Å². The summed E-state index contributed by atoms with van der Waals surface area (Å²) < 4.78 is 10.4. The summed E-state index contributed by atoms with van der Waals surface area (Å²) in [6.45, 7) is 3.65. The molecular formula is C13H19NO5. The third-order valence-corrected chi connectivity index (χ3v) is 3.75. The lowest BCUT2D eigenvalue weighted by Crippen LogP contribution is -2.38. The Morgan fingerprint density at radius 2 is 1.89 bits per heavy atom. The highest BCUT2D eigenvalue weighted by Gasteiger charge is 2.43. The third-order valence-electron chi connectivity index (χ3n) is 3.75. The first kappa shape index (κ1) is 14.0. The van der Waals surface area contributed by atoms with Crippen molar-refractivity contribution in [2.45, 2.75) is 39.4 Å². The van der Waals surface area contributed by atoms with Crippen molar-refractivity contribution in [3.05, 3.63) is 0 Å². The fraction of sp³-hybridized carbons (Fsp3) is 0.769. The first-order chi connectivity index (χ1) is 9.00. The average molecular weight is 269 g/mol. The van der Waals surface area contributed by atoms with Gasteiger partial charge in [0.25, 0.3) is 0 Å². The summed E-state index contributed by atoms with van der Waals surface area (Å²) in [6.07, 6.45) is 2.05. The van der Waals surface area contributed by atoms with Crippen molar-refractivity contribution in [3.8, 4) is 0 Å². The van der Waals surface area contributed by atoms with E-state index in [2.05, 4.69) is 0 Å². The Labute approximate surface area is 112 Å². The lowest BCUT2D eigenvalue weighted by molar-refractivity contribution is -0.188. The minimum absolute atomic E-state index is 0.306. The Bertz CT molecular complexity index is 368. The molecule has 6 heteroatoms. The van der Waals surface area contributed by atoms with Crippen molar-refractivity contribution in [2.24, 2.45) is 11.8 Å². The van der Waals surface area contributed by atoms with Gasteiger partial charge in [0.15, 0.2) is 0 Å². The van der Waals surface area contributed by atoms with Gasteiger partial charge in [0, 0.05) is 18.3 Å². The number of hydrogen-bond acceptors (Lipinski definition) is 5. The highest BCUT2D eigenvalue weighted by molar-refractivity contribution is 6.06. The summed E-state index contributed by atoms with van der Waals surface area (Å²) in [5, 5.41) is 0. The van der Waals surface area contributed by atoms with Crippen molar-refractivity contribution in [1.82, 2.24) is 4.90 Å². The molecule has 2 heterocycles. The minimum Gasteiger partial charge on any atom is -0.434 e. The second-order valence-electron chi connectivity index (χ2n) is 5.13. The van der Waals surface area contributed by atoms with E-state index in [4.69, 9.17) is 9.47 Å². The van der Waals surface area contributed by atoms with Gasteiger partial charge >= 0.3 is 5.97 Å². The van der Waals surface area contributed by atoms with Crippen molar-refractivity contribution >= 4 is 17.8 Å².